The summed E-state index contributed by atoms with van der Waals surface area (Å²) in [6.45, 7) is -0.121. The molecule has 6 heteroatoms. The molecule has 0 radical (unpaired) electrons. The summed E-state index contributed by atoms with van der Waals surface area (Å²) in [5.74, 6) is -1.03. The number of hydrogen-bond donors (Lipinski definition) is 0. The lowest BCUT2D eigenvalue weighted by atomic mass is 9.64. The van der Waals surface area contributed by atoms with Crippen molar-refractivity contribution in [2.75, 3.05) is 20.8 Å². The fourth-order valence-corrected chi connectivity index (χ4v) is 3.44. The number of rotatable bonds is 7. The number of methoxy groups -OCH3 is 1. The number of likely N-dealkylation sites (N-methyl/N-ethyl adjacent to an activating group) is 1. The predicted molar refractivity (Wildman–Crippen MR) is 102 cm³/mol. The van der Waals surface area contributed by atoms with Crippen LogP contribution in [0.2, 0.25) is 0 Å². The third-order valence-corrected chi connectivity index (χ3v) is 5.31. The van der Waals surface area contributed by atoms with E-state index in [0.29, 0.717) is 5.56 Å². The summed E-state index contributed by atoms with van der Waals surface area (Å²) in [6, 6.07) is 14.1. The molecular weight excluding hydrogens is 361 g/mol. The van der Waals surface area contributed by atoms with Gasteiger partial charge in [0.15, 0.2) is 18.2 Å². The average molecular weight is 385 g/mol. The predicted octanol–water partition coefficient (Wildman–Crippen LogP) is 3.46. The van der Waals surface area contributed by atoms with E-state index in [2.05, 4.69) is 0 Å². The molecule has 1 fully saturated rings. The van der Waals surface area contributed by atoms with Gasteiger partial charge in [-0.3, -0.25) is 9.59 Å². The van der Waals surface area contributed by atoms with E-state index >= 15 is 0 Å². The first-order valence-electron chi connectivity index (χ1n) is 9.25. The zero-order valence-corrected chi connectivity index (χ0v) is 16.1. The molecule has 0 unspecified atom stereocenters. The van der Waals surface area contributed by atoms with Crippen LogP contribution in [0.15, 0.2) is 48.5 Å². The SMILES string of the molecule is COc1ccc(CN(C)C(=O)COC(=O)C2(c3ccccc3)CCC2)cc1F. The highest BCUT2D eigenvalue weighted by Gasteiger charge is 2.47. The zero-order valence-electron chi connectivity index (χ0n) is 16.1. The van der Waals surface area contributed by atoms with Gasteiger partial charge in [0.05, 0.1) is 12.5 Å². The van der Waals surface area contributed by atoms with Crippen molar-refractivity contribution in [3.63, 3.8) is 0 Å². The molecule has 0 atom stereocenters. The quantitative estimate of drug-likeness (QED) is 0.685. The normalized spacial score (nSPS) is 14.7. The van der Waals surface area contributed by atoms with Crippen molar-refractivity contribution in [1.29, 1.82) is 0 Å². The van der Waals surface area contributed by atoms with Crippen LogP contribution in [0.25, 0.3) is 0 Å². The summed E-state index contributed by atoms with van der Waals surface area (Å²) >= 11 is 0. The van der Waals surface area contributed by atoms with Crippen molar-refractivity contribution in [2.24, 2.45) is 0 Å². The van der Waals surface area contributed by atoms with Gasteiger partial charge in [-0.15, -0.1) is 0 Å². The van der Waals surface area contributed by atoms with Crippen molar-refractivity contribution in [1.82, 2.24) is 4.90 Å². The van der Waals surface area contributed by atoms with Crippen LogP contribution in [0.1, 0.15) is 30.4 Å². The average Bonchev–Trinajstić information content (AvgIpc) is 2.66. The molecule has 0 N–H and O–H groups in total. The van der Waals surface area contributed by atoms with Crippen molar-refractivity contribution >= 4 is 11.9 Å². The molecule has 148 valence electrons. The van der Waals surface area contributed by atoms with Gasteiger partial charge in [0.2, 0.25) is 0 Å². The second kappa shape index (κ2) is 8.42. The van der Waals surface area contributed by atoms with Gasteiger partial charge in [-0.2, -0.15) is 0 Å². The lowest BCUT2D eigenvalue weighted by Gasteiger charge is -2.39. The van der Waals surface area contributed by atoms with E-state index in [1.165, 1.54) is 24.1 Å². The highest BCUT2D eigenvalue weighted by atomic mass is 19.1. The summed E-state index contributed by atoms with van der Waals surface area (Å²) in [4.78, 5) is 26.5. The van der Waals surface area contributed by atoms with Gasteiger partial charge >= 0.3 is 5.97 Å². The largest absolute Gasteiger partial charge is 0.494 e. The van der Waals surface area contributed by atoms with Crippen LogP contribution >= 0.6 is 0 Å². The second-order valence-electron chi connectivity index (χ2n) is 7.10. The molecule has 28 heavy (non-hydrogen) atoms. The summed E-state index contributed by atoms with van der Waals surface area (Å²) in [5.41, 5.74) is 0.917. The van der Waals surface area contributed by atoms with Crippen LogP contribution in [0.4, 0.5) is 4.39 Å². The van der Waals surface area contributed by atoms with Crippen molar-refractivity contribution in [2.45, 2.75) is 31.2 Å². The zero-order chi connectivity index (χ0) is 20.1. The number of hydrogen-bond acceptors (Lipinski definition) is 4. The molecule has 1 saturated carbocycles. The van der Waals surface area contributed by atoms with Gasteiger partial charge in [0, 0.05) is 13.6 Å². The van der Waals surface area contributed by atoms with Crippen LogP contribution in [-0.2, 0) is 26.3 Å². The van der Waals surface area contributed by atoms with Crippen molar-refractivity contribution in [3.05, 3.63) is 65.5 Å². The molecule has 0 bridgehead atoms. The molecule has 2 aromatic rings. The molecular formula is C22H24FNO4. The first-order valence-corrected chi connectivity index (χ1v) is 9.25. The summed E-state index contributed by atoms with van der Waals surface area (Å²) in [7, 11) is 2.99. The minimum atomic E-state index is -0.640. The lowest BCUT2D eigenvalue weighted by molar-refractivity contribution is -0.160. The highest BCUT2D eigenvalue weighted by molar-refractivity contribution is 5.87. The summed E-state index contributed by atoms with van der Waals surface area (Å²) in [5, 5.41) is 0. The Balaban J connectivity index is 1.57. The lowest BCUT2D eigenvalue weighted by Crippen LogP contribution is -2.45. The number of halogens is 1. The Hall–Kier alpha value is -2.89. The topological polar surface area (TPSA) is 55.8 Å². The fourth-order valence-electron chi connectivity index (χ4n) is 3.44. The Morgan fingerprint density at radius 2 is 1.86 bits per heavy atom. The molecule has 0 heterocycles. The minimum Gasteiger partial charge on any atom is -0.494 e. The molecule has 0 aromatic heterocycles. The maximum atomic E-state index is 13.8. The fraction of sp³-hybridized carbons (Fsp3) is 0.364. The van der Waals surface area contributed by atoms with E-state index < -0.39 is 11.2 Å². The number of carbonyl (C=O) groups excluding carboxylic acids is 2. The summed E-state index contributed by atoms with van der Waals surface area (Å²) in [6.07, 6.45) is 2.41. The van der Waals surface area contributed by atoms with Crippen molar-refractivity contribution in [3.8, 4) is 5.75 Å². The van der Waals surface area contributed by atoms with E-state index in [1.807, 2.05) is 30.3 Å². The van der Waals surface area contributed by atoms with Crippen LogP contribution < -0.4 is 4.74 Å². The van der Waals surface area contributed by atoms with Crippen molar-refractivity contribution < 1.29 is 23.5 Å². The first kappa shape index (κ1) is 19.9. The molecule has 0 spiro atoms. The number of benzene rings is 2. The Labute approximate surface area is 164 Å². The molecule has 1 aliphatic carbocycles. The maximum absolute atomic E-state index is 13.8. The Bertz CT molecular complexity index is 849. The molecule has 5 nitrogen and oxygen atoms in total. The second-order valence-corrected chi connectivity index (χ2v) is 7.10. The van der Waals surface area contributed by atoms with Gasteiger partial charge in [0.1, 0.15) is 0 Å². The van der Waals surface area contributed by atoms with Crippen LogP contribution in [0.5, 0.6) is 5.75 Å². The number of esters is 1. The van der Waals surface area contributed by atoms with Gasteiger partial charge in [-0.25, -0.2) is 4.39 Å². The van der Waals surface area contributed by atoms with E-state index in [9.17, 15) is 14.0 Å². The van der Waals surface area contributed by atoms with Crippen LogP contribution in [0.3, 0.4) is 0 Å². The number of amides is 1. The minimum absolute atomic E-state index is 0.151. The smallest absolute Gasteiger partial charge is 0.317 e. The third kappa shape index (κ3) is 4.01. The molecule has 0 aliphatic heterocycles. The molecule has 3 rings (SSSR count). The maximum Gasteiger partial charge on any atom is 0.317 e. The van der Waals surface area contributed by atoms with Gasteiger partial charge in [0.25, 0.3) is 5.91 Å². The van der Waals surface area contributed by atoms with E-state index in [1.54, 1.807) is 13.1 Å². The summed E-state index contributed by atoms with van der Waals surface area (Å²) < 4.78 is 24.0. The molecule has 0 saturated heterocycles. The van der Waals surface area contributed by atoms with E-state index in [-0.39, 0.29) is 30.8 Å². The number of ether oxygens (including phenoxy) is 2. The molecule has 1 aliphatic rings. The van der Waals surface area contributed by atoms with E-state index in [0.717, 1.165) is 24.8 Å². The Kier molecular flexibility index (Phi) is 5.97. The highest BCUT2D eigenvalue weighted by Crippen LogP contribution is 2.44. The molecule has 1 amide bonds. The monoisotopic (exact) mass is 385 g/mol. The third-order valence-electron chi connectivity index (χ3n) is 5.31. The van der Waals surface area contributed by atoms with Gasteiger partial charge in [-0.05, 0) is 36.1 Å². The van der Waals surface area contributed by atoms with E-state index in [4.69, 9.17) is 9.47 Å². The van der Waals surface area contributed by atoms with Gasteiger partial charge < -0.3 is 14.4 Å². The Morgan fingerprint density at radius 3 is 2.43 bits per heavy atom. The van der Waals surface area contributed by atoms with Gasteiger partial charge in [-0.1, -0.05) is 42.8 Å². The van der Waals surface area contributed by atoms with Crippen LogP contribution in [-0.4, -0.2) is 37.5 Å². The Morgan fingerprint density at radius 1 is 1.14 bits per heavy atom. The van der Waals surface area contributed by atoms with Crippen LogP contribution in [0, 0.1) is 5.82 Å². The molecule has 2 aromatic carbocycles. The standard InChI is InChI=1S/C22H24FNO4/c1-24(14-16-9-10-19(27-2)18(23)13-16)20(25)15-28-21(26)22(11-6-12-22)17-7-4-3-5-8-17/h3-5,7-10,13H,6,11-12,14-15H2,1-2H3. The number of nitrogens with zero attached hydrogens (tertiary/aromatic N) is 1. The first-order chi connectivity index (χ1) is 13.5. The number of carbonyl (C=O) groups is 2.